The SMILES string of the molecule is COc1ccc(C(=O)Nn2c(C3COc4ccccc4O3)n[nH]c2=S)cc1. The fraction of sp³-hybridized carbons (Fsp3) is 0.167. The van der Waals surface area contributed by atoms with E-state index < -0.39 is 6.10 Å². The highest BCUT2D eigenvalue weighted by molar-refractivity contribution is 7.71. The summed E-state index contributed by atoms with van der Waals surface area (Å²) in [7, 11) is 1.57. The molecule has 1 aliphatic rings. The lowest BCUT2D eigenvalue weighted by Gasteiger charge is -2.26. The van der Waals surface area contributed by atoms with Gasteiger partial charge in [-0.3, -0.25) is 15.3 Å². The van der Waals surface area contributed by atoms with Gasteiger partial charge in [0.2, 0.25) is 4.77 Å². The summed E-state index contributed by atoms with van der Waals surface area (Å²) in [4.78, 5) is 12.6. The Morgan fingerprint density at radius 3 is 2.74 bits per heavy atom. The van der Waals surface area contributed by atoms with Gasteiger partial charge >= 0.3 is 0 Å². The maximum Gasteiger partial charge on any atom is 0.270 e. The van der Waals surface area contributed by atoms with Crippen LogP contribution in [0.4, 0.5) is 0 Å². The smallest absolute Gasteiger partial charge is 0.270 e. The van der Waals surface area contributed by atoms with E-state index in [9.17, 15) is 4.79 Å². The Balaban J connectivity index is 1.57. The van der Waals surface area contributed by atoms with E-state index in [1.54, 1.807) is 31.4 Å². The highest BCUT2D eigenvalue weighted by Crippen LogP contribution is 2.35. The molecule has 0 radical (unpaired) electrons. The van der Waals surface area contributed by atoms with Crippen LogP contribution in [0, 0.1) is 4.77 Å². The van der Waals surface area contributed by atoms with Crippen molar-refractivity contribution in [1.82, 2.24) is 14.9 Å². The van der Waals surface area contributed by atoms with Gasteiger partial charge in [0.05, 0.1) is 7.11 Å². The Kier molecular flexibility index (Phi) is 4.51. The summed E-state index contributed by atoms with van der Waals surface area (Å²) in [5.74, 6) is 2.01. The normalized spacial score (nSPS) is 15.2. The zero-order valence-electron chi connectivity index (χ0n) is 14.3. The maximum absolute atomic E-state index is 12.6. The molecular weight excluding hydrogens is 368 g/mol. The predicted molar refractivity (Wildman–Crippen MR) is 99.4 cm³/mol. The summed E-state index contributed by atoms with van der Waals surface area (Å²) in [6.07, 6.45) is -0.524. The molecule has 1 amide bonds. The average Bonchev–Trinajstić information content (AvgIpc) is 3.08. The van der Waals surface area contributed by atoms with Crippen LogP contribution in [0.5, 0.6) is 17.2 Å². The third-order valence-corrected chi connectivity index (χ3v) is 4.33. The van der Waals surface area contributed by atoms with Gasteiger partial charge in [0.25, 0.3) is 5.91 Å². The van der Waals surface area contributed by atoms with Crippen molar-refractivity contribution in [2.75, 3.05) is 19.1 Å². The van der Waals surface area contributed by atoms with Crippen molar-refractivity contribution in [1.29, 1.82) is 0 Å². The summed E-state index contributed by atoms with van der Waals surface area (Å²) >= 11 is 5.24. The molecule has 0 fully saturated rings. The summed E-state index contributed by atoms with van der Waals surface area (Å²) in [6.45, 7) is 0.245. The number of H-pyrrole nitrogens is 1. The number of ether oxygens (including phenoxy) is 3. The van der Waals surface area contributed by atoms with E-state index in [2.05, 4.69) is 15.6 Å². The molecule has 27 heavy (non-hydrogen) atoms. The Morgan fingerprint density at radius 1 is 1.26 bits per heavy atom. The molecule has 2 heterocycles. The van der Waals surface area contributed by atoms with Gasteiger partial charge < -0.3 is 14.2 Å². The van der Waals surface area contributed by atoms with E-state index in [-0.39, 0.29) is 17.3 Å². The molecule has 0 saturated heterocycles. The van der Waals surface area contributed by atoms with Gasteiger partial charge in [0.15, 0.2) is 23.4 Å². The van der Waals surface area contributed by atoms with Crippen molar-refractivity contribution >= 4 is 18.1 Å². The van der Waals surface area contributed by atoms with Gasteiger partial charge in [-0.05, 0) is 48.6 Å². The maximum atomic E-state index is 12.6. The van der Waals surface area contributed by atoms with Crippen molar-refractivity contribution in [2.45, 2.75) is 6.10 Å². The van der Waals surface area contributed by atoms with Gasteiger partial charge in [-0.1, -0.05) is 12.1 Å². The number of nitrogens with zero attached hydrogens (tertiary/aromatic N) is 2. The fourth-order valence-corrected chi connectivity index (χ4v) is 2.87. The third-order valence-electron chi connectivity index (χ3n) is 4.06. The molecule has 3 aromatic rings. The molecule has 8 nitrogen and oxygen atoms in total. The molecule has 0 spiro atoms. The number of hydrogen-bond donors (Lipinski definition) is 2. The number of methoxy groups -OCH3 is 1. The minimum atomic E-state index is -0.524. The second-order valence-electron chi connectivity index (χ2n) is 5.76. The molecule has 1 aliphatic heterocycles. The van der Waals surface area contributed by atoms with Crippen LogP contribution < -0.4 is 19.6 Å². The minimum Gasteiger partial charge on any atom is -0.497 e. The van der Waals surface area contributed by atoms with Gasteiger partial charge in [0, 0.05) is 5.56 Å². The largest absolute Gasteiger partial charge is 0.497 e. The van der Waals surface area contributed by atoms with Crippen LogP contribution in [-0.2, 0) is 0 Å². The lowest BCUT2D eigenvalue weighted by molar-refractivity contribution is 0.0821. The minimum absolute atomic E-state index is 0.245. The number of hydrogen-bond acceptors (Lipinski definition) is 6. The summed E-state index contributed by atoms with van der Waals surface area (Å²) in [5, 5.41) is 6.87. The van der Waals surface area contributed by atoms with Crippen molar-refractivity contribution < 1.29 is 19.0 Å². The lowest BCUT2D eigenvalue weighted by Crippen LogP contribution is -2.30. The number of rotatable bonds is 4. The van der Waals surface area contributed by atoms with Crippen LogP contribution in [0.2, 0.25) is 0 Å². The quantitative estimate of drug-likeness (QED) is 0.673. The standard InChI is InChI=1S/C18H16N4O4S/c1-24-12-8-6-11(7-9-12)17(23)21-22-16(19-20-18(22)27)15-10-25-13-4-2-3-5-14(13)26-15/h2-9,15H,10H2,1H3,(H,20,27)(H,21,23). The van der Waals surface area contributed by atoms with Crippen LogP contribution >= 0.6 is 12.2 Å². The van der Waals surface area contributed by atoms with E-state index in [1.165, 1.54) is 4.68 Å². The second kappa shape index (κ2) is 7.12. The van der Waals surface area contributed by atoms with Crippen molar-refractivity contribution in [2.24, 2.45) is 0 Å². The highest BCUT2D eigenvalue weighted by atomic mass is 32.1. The van der Waals surface area contributed by atoms with Crippen LogP contribution in [0.1, 0.15) is 22.3 Å². The van der Waals surface area contributed by atoms with Crippen LogP contribution in [-0.4, -0.2) is 34.5 Å². The number of aromatic nitrogens is 3. The Hall–Kier alpha value is -3.33. The molecular formula is C18H16N4O4S. The topological polar surface area (TPSA) is 90.4 Å². The lowest BCUT2D eigenvalue weighted by atomic mass is 10.2. The molecule has 0 aliphatic carbocycles. The fourth-order valence-electron chi connectivity index (χ4n) is 2.69. The molecule has 0 bridgehead atoms. The molecule has 0 saturated carbocycles. The zero-order valence-corrected chi connectivity index (χ0v) is 15.2. The third kappa shape index (κ3) is 3.36. The first-order valence-corrected chi connectivity index (χ1v) is 8.58. The second-order valence-corrected chi connectivity index (χ2v) is 6.14. The summed E-state index contributed by atoms with van der Waals surface area (Å²) in [5.41, 5.74) is 3.19. The number of nitrogens with one attached hydrogen (secondary N) is 2. The monoisotopic (exact) mass is 384 g/mol. The molecule has 2 aromatic carbocycles. The zero-order chi connectivity index (χ0) is 18.8. The Morgan fingerprint density at radius 2 is 2.00 bits per heavy atom. The molecule has 1 unspecified atom stereocenters. The molecule has 1 atom stereocenters. The van der Waals surface area contributed by atoms with Crippen molar-refractivity contribution in [3.63, 3.8) is 0 Å². The number of aromatic amines is 1. The number of amides is 1. The van der Waals surface area contributed by atoms with E-state index in [0.29, 0.717) is 28.6 Å². The number of benzene rings is 2. The van der Waals surface area contributed by atoms with E-state index >= 15 is 0 Å². The highest BCUT2D eigenvalue weighted by Gasteiger charge is 2.28. The summed E-state index contributed by atoms with van der Waals surface area (Å²) in [6, 6.07) is 14.1. The van der Waals surface area contributed by atoms with Gasteiger partial charge in [-0.2, -0.15) is 5.10 Å². The number of fused-ring (bicyclic) bond motifs is 1. The Labute approximate surface area is 159 Å². The first-order valence-electron chi connectivity index (χ1n) is 8.17. The molecule has 9 heteroatoms. The van der Waals surface area contributed by atoms with Gasteiger partial charge in [0.1, 0.15) is 12.4 Å². The first kappa shape index (κ1) is 17.1. The van der Waals surface area contributed by atoms with Crippen molar-refractivity contribution in [3.8, 4) is 17.2 Å². The van der Waals surface area contributed by atoms with E-state index in [1.807, 2.05) is 24.3 Å². The van der Waals surface area contributed by atoms with Gasteiger partial charge in [-0.25, -0.2) is 4.68 Å². The first-order chi connectivity index (χ1) is 13.2. The van der Waals surface area contributed by atoms with E-state index in [4.69, 9.17) is 26.4 Å². The number of para-hydroxylation sites is 2. The van der Waals surface area contributed by atoms with Crippen LogP contribution in [0.3, 0.4) is 0 Å². The number of carbonyl (C=O) groups excluding carboxylic acids is 1. The molecule has 1 aromatic heterocycles. The molecule has 4 rings (SSSR count). The van der Waals surface area contributed by atoms with E-state index in [0.717, 1.165) is 0 Å². The van der Waals surface area contributed by atoms with Gasteiger partial charge in [-0.15, -0.1) is 0 Å². The number of carbonyl (C=O) groups is 1. The predicted octanol–water partition coefficient (Wildman–Crippen LogP) is 2.85. The molecule has 2 N–H and O–H groups in total. The Bertz CT molecular complexity index is 1030. The van der Waals surface area contributed by atoms with Crippen LogP contribution in [0.15, 0.2) is 48.5 Å². The summed E-state index contributed by atoms with van der Waals surface area (Å²) < 4.78 is 18.4. The average molecular weight is 384 g/mol. The van der Waals surface area contributed by atoms with Crippen LogP contribution in [0.25, 0.3) is 0 Å². The van der Waals surface area contributed by atoms with Crippen molar-refractivity contribution in [3.05, 3.63) is 64.7 Å². The molecule has 138 valence electrons.